The van der Waals surface area contributed by atoms with E-state index in [0.29, 0.717) is 21.7 Å². The van der Waals surface area contributed by atoms with E-state index in [2.05, 4.69) is 15.9 Å². The molecule has 0 aliphatic heterocycles. The topological polar surface area (TPSA) is 17.1 Å². The molecule has 0 aromatic heterocycles. The number of rotatable bonds is 5. The molecule has 2 aromatic rings. The summed E-state index contributed by atoms with van der Waals surface area (Å²) in [6, 6.07) is 12.0. The fourth-order valence-electron chi connectivity index (χ4n) is 1.65. The molecule has 0 bridgehead atoms. The van der Waals surface area contributed by atoms with Crippen molar-refractivity contribution in [1.29, 1.82) is 0 Å². The maximum atomic E-state index is 13.1. The Labute approximate surface area is 134 Å². The molecule has 104 valence electrons. The van der Waals surface area contributed by atoms with Gasteiger partial charge in [0.1, 0.15) is 11.6 Å². The quantitative estimate of drug-likeness (QED) is 0.675. The molecule has 0 unspecified atom stereocenters. The van der Waals surface area contributed by atoms with Crippen molar-refractivity contribution < 1.29 is 9.18 Å². The van der Waals surface area contributed by atoms with Gasteiger partial charge in [0.2, 0.25) is 0 Å². The molecule has 0 amide bonds. The van der Waals surface area contributed by atoms with E-state index in [1.165, 1.54) is 17.8 Å². The molecule has 0 N–H and O–H groups in total. The first-order chi connectivity index (χ1) is 9.54. The molecular formula is C15H11BrClFOS. The lowest BCUT2D eigenvalue weighted by Gasteiger charge is -2.04. The van der Waals surface area contributed by atoms with Gasteiger partial charge in [-0.05, 0) is 51.8 Å². The van der Waals surface area contributed by atoms with Crippen LogP contribution in [-0.2, 0) is 11.2 Å². The van der Waals surface area contributed by atoms with Gasteiger partial charge in [-0.1, -0.05) is 23.7 Å². The van der Waals surface area contributed by atoms with E-state index < -0.39 is 0 Å². The lowest BCUT2D eigenvalue weighted by atomic mass is 10.1. The lowest BCUT2D eigenvalue weighted by molar-refractivity contribution is -0.116. The Balaban J connectivity index is 1.91. The highest BCUT2D eigenvalue weighted by atomic mass is 79.9. The number of hydrogen-bond acceptors (Lipinski definition) is 2. The number of carbonyl (C=O) groups excluding carboxylic acids is 1. The fourth-order valence-corrected chi connectivity index (χ4v) is 3.14. The van der Waals surface area contributed by atoms with Gasteiger partial charge in [-0.15, -0.1) is 11.8 Å². The van der Waals surface area contributed by atoms with Gasteiger partial charge in [-0.25, -0.2) is 4.39 Å². The number of thioether (sulfide) groups is 1. The third-order valence-corrected chi connectivity index (χ3v) is 4.48. The smallest absolute Gasteiger partial charge is 0.147 e. The van der Waals surface area contributed by atoms with Crippen LogP contribution < -0.4 is 0 Å². The Bertz CT molecular complexity index is 633. The molecule has 0 saturated carbocycles. The van der Waals surface area contributed by atoms with E-state index in [1.807, 2.05) is 18.2 Å². The zero-order valence-electron chi connectivity index (χ0n) is 10.4. The van der Waals surface area contributed by atoms with Crippen molar-refractivity contribution in [3.8, 4) is 0 Å². The molecule has 0 heterocycles. The Morgan fingerprint density at radius 3 is 2.75 bits per heavy atom. The van der Waals surface area contributed by atoms with Crippen molar-refractivity contribution in [3.63, 3.8) is 0 Å². The molecule has 0 saturated heterocycles. The first-order valence-electron chi connectivity index (χ1n) is 5.88. The maximum absolute atomic E-state index is 13.1. The van der Waals surface area contributed by atoms with Crippen LogP contribution in [0.25, 0.3) is 0 Å². The van der Waals surface area contributed by atoms with Crippen LogP contribution in [0.4, 0.5) is 4.39 Å². The largest absolute Gasteiger partial charge is 0.298 e. The first-order valence-corrected chi connectivity index (χ1v) is 8.04. The summed E-state index contributed by atoms with van der Waals surface area (Å²) >= 11 is 10.4. The molecule has 1 nitrogen and oxygen atoms in total. The summed E-state index contributed by atoms with van der Waals surface area (Å²) in [7, 11) is 0. The van der Waals surface area contributed by atoms with Gasteiger partial charge in [-0.3, -0.25) is 4.79 Å². The number of benzene rings is 2. The minimum Gasteiger partial charge on any atom is -0.298 e. The average molecular weight is 374 g/mol. The Morgan fingerprint density at radius 1 is 1.25 bits per heavy atom. The highest BCUT2D eigenvalue weighted by Gasteiger charge is 2.07. The van der Waals surface area contributed by atoms with Gasteiger partial charge >= 0.3 is 0 Å². The van der Waals surface area contributed by atoms with Gasteiger partial charge in [0, 0.05) is 16.3 Å². The number of Topliss-reactive ketones (excluding diaryl/α,β-unsaturated/α-hetero) is 1. The van der Waals surface area contributed by atoms with Gasteiger partial charge in [0.15, 0.2) is 0 Å². The van der Waals surface area contributed by atoms with Crippen LogP contribution in [0.2, 0.25) is 5.02 Å². The second kappa shape index (κ2) is 7.25. The highest BCUT2D eigenvalue weighted by molar-refractivity contribution is 9.10. The van der Waals surface area contributed by atoms with Crippen LogP contribution >= 0.6 is 39.3 Å². The molecule has 0 spiro atoms. The molecule has 0 radical (unpaired) electrons. The summed E-state index contributed by atoms with van der Waals surface area (Å²) < 4.78 is 13.5. The standard InChI is InChI=1S/C15H11BrClFOS/c16-14-7-10(4-5-15(14)18)6-12(19)9-20-13-3-1-2-11(17)8-13/h1-5,7-8H,6,9H2. The third-order valence-electron chi connectivity index (χ3n) is 2.58. The normalized spacial score (nSPS) is 10.6. The third kappa shape index (κ3) is 4.62. The monoisotopic (exact) mass is 372 g/mol. The number of hydrogen-bond donors (Lipinski definition) is 0. The zero-order chi connectivity index (χ0) is 14.5. The molecule has 5 heteroatoms. The molecule has 0 fully saturated rings. The summed E-state index contributed by atoms with van der Waals surface area (Å²) in [5.74, 6) is 0.137. The summed E-state index contributed by atoms with van der Waals surface area (Å²) in [6.07, 6.45) is 0.298. The van der Waals surface area contributed by atoms with Crippen LogP contribution in [0.15, 0.2) is 51.8 Å². The second-order valence-electron chi connectivity index (χ2n) is 4.21. The van der Waals surface area contributed by atoms with Gasteiger partial charge in [0.05, 0.1) is 10.2 Å². The predicted octanol–water partition coefficient (Wildman–Crippen LogP) is 5.15. The van der Waals surface area contributed by atoms with Crippen molar-refractivity contribution in [1.82, 2.24) is 0 Å². The number of halogens is 3. The van der Waals surface area contributed by atoms with Gasteiger partial charge in [-0.2, -0.15) is 0 Å². The maximum Gasteiger partial charge on any atom is 0.147 e. The van der Waals surface area contributed by atoms with Gasteiger partial charge < -0.3 is 0 Å². The Kier molecular flexibility index (Phi) is 5.64. The predicted molar refractivity (Wildman–Crippen MR) is 85.0 cm³/mol. The van der Waals surface area contributed by atoms with Crippen LogP contribution in [0.1, 0.15) is 5.56 Å². The molecular weight excluding hydrogens is 363 g/mol. The van der Waals surface area contributed by atoms with E-state index in [1.54, 1.807) is 18.2 Å². The van der Waals surface area contributed by atoms with Crippen molar-refractivity contribution in [2.75, 3.05) is 5.75 Å². The van der Waals surface area contributed by atoms with E-state index in [-0.39, 0.29) is 11.6 Å². The fraction of sp³-hybridized carbons (Fsp3) is 0.133. The molecule has 2 aromatic carbocycles. The summed E-state index contributed by atoms with van der Waals surface area (Å²) in [6.45, 7) is 0. The van der Waals surface area contributed by atoms with E-state index in [9.17, 15) is 9.18 Å². The van der Waals surface area contributed by atoms with E-state index in [4.69, 9.17) is 11.6 Å². The highest BCUT2D eigenvalue weighted by Crippen LogP contribution is 2.22. The molecule has 0 atom stereocenters. The molecule has 0 aliphatic rings. The van der Waals surface area contributed by atoms with E-state index in [0.717, 1.165) is 10.5 Å². The summed E-state index contributed by atoms with van der Waals surface area (Å²) in [5, 5.41) is 0.657. The number of ketones is 1. The summed E-state index contributed by atoms with van der Waals surface area (Å²) in [4.78, 5) is 12.9. The Morgan fingerprint density at radius 2 is 2.05 bits per heavy atom. The zero-order valence-corrected chi connectivity index (χ0v) is 13.6. The van der Waals surface area contributed by atoms with E-state index >= 15 is 0 Å². The van der Waals surface area contributed by atoms with Crippen molar-refractivity contribution in [3.05, 3.63) is 63.3 Å². The molecule has 0 aliphatic carbocycles. The number of carbonyl (C=O) groups is 1. The average Bonchev–Trinajstić information content (AvgIpc) is 2.41. The minimum absolute atomic E-state index is 0.0912. The lowest BCUT2D eigenvalue weighted by Crippen LogP contribution is -2.05. The summed E-state index contributed by atoms with van der Waals surface area (Å²) in [5.41, 5.74) is 0.801. The van der Waals surface area contributed by atoms with Crippen LogP contribution in [0.3, 0.4) is 0 Å². The van der Waals surface area contributed by atoms with Gasteiger partial charge in [0.25, 0.3) is 0 Å². The Hall–Kier alpha value is -0.840. The van der Waals surface area contributed by atoms with Crippen LogP contribution in [0.5, 0.6) is 0 Å². The van der Waals surface area contributed by atoms with Crippen molar-refractivity contribution in [2.45, 2.75) is 11.3 Å². The molecule has 2 rings (SSSR count). The van der Waals surface area contributed by atoms with Crippen molar-refractivity contribution >= 4 is 45.1 Å². The van der Waals surface area contributed by atoms with Crippen LogP contribution in [0, 0.1) is 5.82 Å². The molecule has 20 heavy (non-hydrogen) atoms. The second-order valence-corrected chi connectivity index (χ2v) is 6.55. The minimum atomic E-state index is -0.325. The first kappa shape index (κ1) is 15.5. The van der Waals surface area contributed by atoms with Crippen molar-refractivity contribution in [2.24, 2.45) is 0 Å². The van der Waals surface area contributed by atoms with Crippen LogP contribution in [-0.4, -0.2) is 11.5 Å². The SMILES string of the molecule is O=C(CSc1cccc(Cl)c1)Cc1ccc(F)c(Br)c1.